The zero-order chi connectivity index (χ0) is 23.5. The maximum atomic E-state index is 13.5. The second-order valence-corrected chi connectivity index (χ2v) is 8.43. The quantitative estimate of drug-likeness (QED) is 0.412. The standard InChI is InChI=1S/C27H24ClN3O2/c1-17-8-6-12-23(19(17)3)30-27(33)25-24(32)14-18(2)31(16-22-11-4-5-13-29-22)26(25)20-9-7-10-21(28)15-20/h4-15H,16H2,1-3H3,(H,30,33). The summed E-state index contributed by atoms with van der Waals surface area (Å²) in [5, 5.41) is 3.46. The van der Waals surface area contributed by atoms with Crippen molar-refractivity contribution >= 4 is 23.2 Å². The number of nitrogens with zero attached hydrogens (tertiary/aromatic N) is 2. The number of aromatic nitrogens is 2. The third-order valence-electron chi connectivity index (χ3n) is 5.74. The number of rotatable bonds is 5. The number of hydrogen-bond donors (Lipinski definition) is 1. The predicted octanol–water partition coefficient (Wildman–Crippen LogP) is 5.79. The van der Waals surface area contributed by atoms with Crippen molar-refractivity contribution in [1.29, 1.82) is 0 Å². The number of halogens is 1. The van der Waals surface area contributed by atoms with Crippen LogP contribution in [0.3, 0.4) is 0 Å². The molecule has 2 aromatic heterocycles. The molecule has 4 rings (SSSR count). The molecule has 0 saturated heterocycles. The molecule has 0 aliphatic heterocycles. The molecular formula is C27H24ClN3O2. The molecule has 33 heavy (non-hydrogen) atoms. The van der Waals surface area contributed by atoms with E-state index in [9.17, 15) is 9.59 Å². The molecule has 0 radical (unpaired) electrons. The van der Waals surface area contributed by atoms with Crippen LogP contribution >= 0.6 is 11.6 Å². The van der Waals surface area contributed by atoms with Crippen LogP contribution in [0.4, 0.5) is 5.69 Å². The topological polar surface area (TPSA) is 64.0 Å². The first-order chi connectivity index (χ1) is 15.8. The highest BCUT2D eigenvalue weighted by atomic mass is 35.5. The maximum Gasteiger partial charge on any atom is 0.261 e. The normalized spacial score (nSPS) is 10.8. The molecule has 2 aromatic carbocycles. The summed E-state index contributed by atoms with van der Waals surface area (Å²) < 4.78 is 1.94. The van der Waals surface area contributed by atoms with Crippen LogP contribution in [0.2, 0.25) is 5.02 Å². The van der Waals surface area contributed by atoms with Gasteiger partial charge in [0.15, 0.2) is 5.43 Å². The van der Waals surface area contributed by atoms with E-state index < -0.39 is 5.91 Å². The number of hydrogen-bond acceptors (Lipinski definition) is 3. The molecule has 1 amide bonds. The van der Waals surface area contributed by atoms with Crippen LogP contribution < -0.4 is 10.7 Å². The molecule has 0 atom stereocenters. The summed E-state index contributed by atoms with van der Waals surface area (Å²) in [6.07, 6.45) is 1.72. The molecule has 0 bridgehead atoms. The van der Waals surface area contributed by atoms with Crippen molar-refractivity contribution in [3.05, 3.63) is 116 Å². The highest BCUT2D eigenvalue weighted by Crippen LogP contribution is 2.28. The van der Waals surface area contributed by atoms with Gasteiger partial charge in [0.2, 0.25) is 0 Å². The molecule has 0 unspecified atom stereocenters. The van der Waals surface area contributed by atoms with E-state index in [0.717, 1.165) is 22.5 Å². The second kappa shape index (κ2) is 9.43. The van der Waals surface area contributed by atoms with E-state index in [1.165, 1.54) is 6.07 Å². The molecule has 1 N–H and O–H groups in total. The number of amides is 1. The number of aryl methyl sites for hydroxylation is 2. The number of nitrogens with one attached hydrogen (secondary N) is 1. The molecule has 0 fully saturated rings. The van der Waals surface area contributed by atoms with Gasteiger partial charge in [-0.15, -0.1) is 0 Å². The van der Waals surface area contributed by atoms with Crippen molar-refractivity contribution in [2.45, 2.75) is 27.3 Å². The minimum Gasteiger partial charge on any atom is -0.338 e. The van der Waals surface area contributed by atoms with Crippen molar-refractivity contribution in [2.24, 2.45) is 0 Å². The van der Waals surface area contributed by atoms with E-state index in [2.05, 4.69) is 10.3 Å². The number of pyridine rings is 2. The Balaban J connectivity index is 1.92. The van der Waals surface area contributed by atoms with Gasteiger partial charge in [-0.1, -0.05) is 41.9 Å². The fourth-order valence-corrected chi connectivity index (χ4v) is 4.04. The molecule has 2 heterocycles. The minimum absolute atomic E-state index is 0.0692. The summed E-state index contributed by atoms with van der Waals surface area (Å²) in [7, 11) is 0. The van der Waals surface area contributed by atoms with E-state index in [0.29, 0.717) is 28.5 Å². The fraction of sp³-hybridized carbons (Fsp3) is 0.148. The first-order valence-electron chi connectivity index (χ1n) is 10.6. The van der Waals surface area contributed by atoms with Gasteiger partial charge in [-0.3, -0.25) is 14.6 Å². The first-order valence-corrected chi connectivity index (χ1v) is 11.0. The summed E-state index contributed by atoms with van der Waals surface area (Å²) >= 11 is 6.29. The Morgan fingerprint density at radius 3 is 2.52 bits per heavy atom. The largest absolute Gasteiger partial charge is 0.338 e. The molecule has 0 saturated carbocycles. The molecule has 166 valence electrons. The second-order valence-electron chi connectivity index (χ2n) is 7.99. The molecule has 6 heteroatoms. The van der Waals surface area contributed by atoms with Crippen molar-refractivity contribution < 1.29 is 4.79 Å². The van der Waals surface area contributed by atoms with Crippen LogP contribution in [-0.4, -0.2) is 15.5 Å². The van der Waals surface area contributed by atoms with E-state index in [1.807, 2.05) is 73.9 Å². The molecule has 0 aliphatic carbocycles. The van der Waals surface area contributed by atoms with E-state index in [4.69, 9.17) is 11.6 Å². The monoisotopic (exact) mass is 457 g/mol. The van der Waals surface area contributed by atoms with Gasteiger partial charge in [0.1, 0.15) is 5.56 Å². The van der Waals surface area contributed by atoms with Crippen molar-refractivity contribution in [2.75, 3.05) is 5.32 Å². The zero-order valence-electron chi connectivity index (χ0n) is 18.7. The van der Waals surface area contributed by atoms with Crippen molar-refractivity contribution in [3.8, 4) is 11.3 Å². The van der Waals surface area contributed by atoms with Crippen LogP contribution in [0.25, 0.3) is 11.3 Å². The van der Waals surface area contributed by atoms with Gasteiger partial charge in [0, 0.05) is 34.2 Å². The van der Waals surface area contributed by atoms with Crippen molar-refractivity contribution in [1.82, 2.24) is 9.55 Å². The van der Waals surface area contributed by atoms with Crippen LogP contribution in [0.15, 0.2) is 77.7 Å². The van der Waals surface area contributed by atoms with Gasteiger partial charge in [0.25, 0.3) is 5.91 Å². The fourth-order valence-electron chi connectivity index (χ4n) is 3.85. The van der Waals surface area contributed by atoms with Gasteiger partial charge < -0.3 is 9.88 Å². The van der Waals surface area contributed by atoms with Crippen LogP contribution in [-0.2, 0) is 6.54 Å². The highest BCUT2D eigenvalue weighted by molar-refractivity contribution is 6.30. The Kier molecular flexibility index (Phi) is 6.43. The lowest BCUT2D eigenvalue weighted by atomic mass is 10.0. The molecule has 0 spiro atoms. The maximum absolute atomic E-state index is 13.5. The lowest BCUT2D eigenvalue weighted by Crippen LogP contribution is -2.27. The minimum atomic E-state index is -0.460. The van der Waals surface area contributed by atoms with Gasteiger partial charge in [-0.2, -0.15) is 0 Å². The average molecular weight is 458 g/mol. The van der Waals surface area contributed by atoms with Crippen molar-refractivity contribution in [3.63, 3.8) is 0 Å². The predicted molar refractivity (Wildman–Crippen MR) is 133 cm³/mol. The van der Waals surface area contributed by atoms with E-state index in [1.54, 1.807) is 18.3 Å². The van der Waals surface area contributed by atoms with Crippen LogP contribution in [0, 0.1) is 20.8 Å². The number of carbonyl (C=O) groups excluding carboxylic acids is 1. The Morgan fingerprint density at radius 2 is 1.79 bits per heavy atom. The SMILES string of the molecule is Cc1cccc(NC(=O)c2c(-c3cccc(Cl)c3)n(Cc3ccccn3)c(C)cc2=O)c1C. The Morgan fingerprint density at radius 1 is 1.00 bits per heavy atom. The van der Waals surface area contributed by atoms with E-state index in [-0.39, 0.29) is 11.0 Å². The molecular weight excluding hydrogens is 434 g/mol. The molecule has 0 aliphatic rings. The molecule has 4 aromatic rings. The third kappa shape index (κ3) is 4.73. The Hall–Kier alpha value is -3.70. The van der Waals surface area contributed by atoms with Crippen LogP contribution in [0.1, 0.15) is 32.9 Å². The number of anilines is 1. The summed E-state index contributed by atoms with van der Waals surface area (Å²) in [5.41, 5.74) is 5.14. The smallest absolute Gasteiger partial charge is 0.261 e. The zero-order valence-corrected chi connectivity index (χ0v) is 19.5. The Labute approximate surface area is 197 Å². The van der Waals surface area contributed by atoms with Gasteiger partial charge in [-0.25, -0.2) is 0 Å². The average Bonchev–Trinajstić information content (AvgIpc) is 2.79. The Bertz CT molecular complexity index is 1390. The van der Waals surface area contributed by atoms with Gasteiger partial charge in [0.05, 0.1) is 17.9 Å². The van der Waals surface area contributed by atoms with E-state index >= 15 is 0 Å². The lowest BCUT2D eigenvalue weighted by Gasteiger charge is -2.21. The lowest BCUT2D eigenvalue weighted by molar-refractivity contribution is 0.102. The first kappa shape index (κ1) is 22.5. The van der Waals surface area contributed by atoms with Gasteiger partial charge in [-0.05, 0) is 62.2 Å². The number of carbonyl (C=O) groups is 1. The van der Waals surface area contributed by atoms with Gasteiger partial charge >= 0.3 is 0 Å². The summed E-state index contributed by atoms with van der Waals surface area (Å²) in [6, 6.07) is 20.0. The molecule has 5 nitrogen and oxygen atoms in total. The highest BCUT2D eigenvalue weighted by Gasteiger charge is 2.23. The number of benzene rings is 2. The van der Waals surface area contributed by atoms with Crippen LogP contribution in [0.5, 0.6) is 0 Å². The summed E-state index contributed by atoms with van der Waals surface area (Å²) in [4.78, 5) is 31.1. The third-order valence-corrected chi connectivity index (χ3v) is 5.98. The summed E-state index contributed by atoms with van der Waals surface area (Å²) in [6.45, 7) is 6.18. The summed E-state index contributed by atoms with van der Waals surface area (Å²) in [5.74, 6) is -0.460.